The highest BCUT2D eigenvalue weighted by molar-refractivity contribution is 5.94. The van der Waals surface area contributed by atoms with E-state index in [4.69, 9.17) is 14.2 Å². The molecule has 0 aliphatic heterocycles. The second kappa shape index (κ2) is 10.1. The number of methoxy groups -OCH3 is 1. The second-order valence-electron chi connectivity index (χ2n) is 6.58. The molecule has 30 heavy (non-hydrogen) atoms. The van der Waals surface area contributed by atoms with Crippen LogP contribution in [0.3, 0.4) is 0 Å². The van der Waals surface area contributed by atoms with E-state index in [1.165, 1.54) is 13.2 Å². The van der Waals surface area contributed by atoms with E-state index in [1.54, 1.807) is 43.3 Å². The number of benzene rings is 3. The molecule has 1 amide bonds. The summed E-state index contributed by atoms with van der Waals surface area (Å²) in [5.74, 6) is 1.15. The Labute approximate surface area is 175 Å². The first-order valence-corrected chi connectivity index (χ1v) is 9.46. The standard InChI is InChI=1S/C24H23NO5/c1-17(30-23-14-19(15-26)8-13-22(23)28-2)24(27)25-20-9-11-21(12-10-20)29-16-18-6-4-3-5-7-18/h3-15,17H,16H2,1-2H3,(H,25,27)/t17-/m1/s1. The van der Waals surface area contributed by atoms with Gasteiger partial charge in [0, 0.05) is 11.3 Å². The van der Waals surface area contributed by atoms with Crippen molar-refractivity contribution in [1.82, 2.24) is 0 Å². The van der Waals surface area contributed by atoms with Crippen LogP contribution in [0.5, 0.6) is 17.2 Å². The number of hydrogen-bond donors (Lipinski definition) is 1. The van der Waals surface area contributed by atoms with Crippen molar-refractivity contribution in [2.24, 2.45) is 0 Å². The van der Waals surface area contributed by atoms with Crippen LogP contribution in [0.15, 0.2) is 72.8 Å². The summed E-state index contributed by atoms with van der Waals surface area (Å²) in [6.07, 6.45) is -0.0897. The summed E-state index contributed by atoms with van der Waals surface area (Å²) < 4.78 is 16.7. The van der Waals surface area contributed by atoms with Gasteiger partial charge in [0.05, 0.1) is 7.11 Å². The SMILES string of the molecule is COc1ccc(C=O)cc1O[C@H](C)C(=O)Nc1ccc(OCc2ccccc2)cc1. The number of rotatable bonds is 9. The molecule has 0 spiro atoms. The molecule has 3 aromatic carbocycles. The summed E-state index contributed by atoms with van der Waals surface area (Å²) >= 11 is 0. The third-order valence-electron chi connectivity index (χ3n) is 4.37. The van der Waals surface area contributed by atoms with E-state index in [0.717, 1.165) is 5.56 Å². The minimum atomic E-state index is -0.796. The molecule has 0 saturated heterocycles. The van der Waals surface area contributed by atoms with Gasteiger partial charge >= 0.3 is 0 Å². The predicted octanol–water partition coefficient (Wildman–Crippen LogP) is 4.49. The smallest absolute Gasteiger partial charge is 0.265 e. The van der Waals surface area contributed by atoms with E-state index in [0.29, 0.717) is 41.4 Å². The Balaban J connectivity index is 1.57. The van der Waals surface area contributed by atoms with Gasteiger partial charge in [-0.25, -0.2) is 0 Å². The molecule has 0 aliphatic rings. The predicted molar refractivity (Wildman–Crippen MR) is 114 cm³/mol. The normalized spacial score (nSPS) is 11.3. The van der Waals surface area contributed by atoms with Crippen molar-refractivity contribution >= 4 is 17.9 Å². The van der Waals surface area contributed by atoms with E-state index in [2.05, 4.69) is 5.32 Å². The number of nitrogens with one attached hydrogen (secondary N) is 1. The van der Waals surface area contributed by atoms with Crippen molar-refractivity contribution in [2.75, 3.05) is 12.4 Å². The largest absolute Gasteiger partial charge is 0.493 e. The lowest BCUT2D eigenvalue weighted by Gasteiger charge is -2.17. The monoisotopic (exact) mass is 405 g/mol. The van der Waals surface area contributed by atoms with Crippen molar-refractivity contribution in [1.29, 1.82) is 0 Å². The highest BCUT2D eigenvalue weighted by atomic mass is 16.5. The molecule has 0 saturated carbocycles. The highest BCUT2D eigenvalue weighted by Crippen LogP contribution is 2.28. The molecule has 6 heteroatoms. The zero-order chi connectivity index (χ0) is 21.3. The number of hydrogen-bond acceptors (Lipinski definition) is 5. The first-order chi connectivity index (χ1) is 14.6. The molecule has 0 fully saturated rings. The van der Waals surface area contributed by atoms with Crippen molar-refractivity contribution in [3.8, 4) is 17.2 Å². The molecule has 1 N–H and O–H groups in total. The number of ether oxygens (including phenoxy) is 3. The molecule has 0 bridgehead atoms. The summed E-state index contributed by atoms with van der Waals surface area (Å²) in [5, 5.41) is 2.80. The van der Waals surface area contributed by atoms with Gasteiger partial charge < -0.3 is 19.5 Å². The van der Waals surface area contributed by atoms with Gasteiger partial charge in [0.2, 0.25) is 0 Å². The number of anilines is 1. The van der Waals surface area contributed by atoms with Crippen molar-refractivity contribution < 1.29 is 23.8 Å². The fourth-order valence-electron chi connectivity index (χ4n) is 2.72. The Morgan fingerprint density at radius 3 is 2.40 bits per heavy atom. The van der Waals surface area contributed by atoms with Gasteiger partial charge in [-0.2, -0.15) is 0 Å². The number of carbonyl (C=O) groups is 2. The summed E-state index contributed by atoms with van der Waals surface area (Å²) in [6, 6.07) is 21.8. The second-order valence-corrected chi connectivity index (χ2v) is 6.58. The summed E-state index contributed by atoms with van der Waals surface area (Å²) in [6.45, 7) is 2.10. The van der Waals surface area contributed by atoms with Crippen LogP contribution >= 0.6 is 0 Å². The number of aldehydes is 1. The zero-order valence-corrected chi connectivity index (χ0v) is 16.8. The zero-order valence-electron chi connectivity index (χ0n) is 16.8. The summed E-state index contributed by atoms with van der Waals surface area (Å²) in [7, 11) is 1.49. The fourth-order valence-corrected chi connectivity index (χ4v) is 2.72. The maximum atomic E-state index is 12.5. The molecule has 0 heterocycles. The van der Waals surface area contributed by atoms with Gasteiger partial charge in [-0.15, -0.1) is 0 Å². The highest BCUT2D eigenvalue weighted by Gasteiger charge is 2.17. The van der Waals surface area contributed by atoms with E-state index < -0.39 is 6.10 Å². The van der Waals surface area contributed by atoms with E-state index in [1.807, 2.05) is 30.3 Å². The van der Waals surface area contributed by atoms with Gasteiger partial charge in [0.15, 0.2) is 17.6 Å². The van der Waals surface area contributed by atoms with Crippen LogP contribution in [-0.4, -0.2) is 25.4 Å². The molecule has 1 atom stereocenters. The van der Waals surface area contributed by atoms with Crippen LogP contribution in [0.2, 0.25) is 0 Å². The Morgan fingerprint density at radius 1 is 1.00 bits per heavy atom. The molecule has 0 radical (unpaired) electrons. The van der Waals surface area contributed by atoms with Crippen LogP contribution in [0.1, 0.15) is 22.8 Å². The molecular formula is C24H23NO5. The van der Waals surface area contributed by atoms with Crippen LogP contribution in [0.25, 0.3) is 0 Å². The molecular weight excluding hydrogens is 382 g/mol. The van der Waals surface area contributed by atoms with E-state index in [-0.39, 0.29) is 5.91 Å². The minimum absolute atomic E-state index is 0.327. The Hall–Kier alpha value is -3.80. The first-order valence-electron chi connectivity index (χ1n) is 9.46. The van der Waals surface area contributed by atoms with Crippen LogP contribution in [0, 0.1) is 0 Å². The average molecular weight is 405 g/mol. The number of amides is 1. The minimum Gasteiger partial charge on any atom is -0.493 e. The van der Waals surface area contributed by atoms with Gasteiger partial charge in [-0.3, -0.25) is 9.59 Å². The first kappa shape index (κ1) is 20.9. The Bertz CT molecular complexity index is 986. The van der Waals surface area contributed by atoms with Crippen molar-refractivity contribution in [2.45, 2.75) is 19.6 Å². The summed E-state index contributed by atoms with van der Waals surface area (Å²) in [5.41, 5.74) is 2.13. The topological polar surface area (TPSA) is 73.9 Å². The van der Waals surface area contributed by atoms with Crippen molar-refractivity contribution in [3.05, 3.63) is 83.9 Å². The maximum Gasteiger partial charge on any atom is 0.265 e. The number of carbonyl (C=O) groups excluding carboxylic acids is 2. The Morgan fingerprint density at radius 2 is 1.73 bits per heavy atom. The molecule has 0 aromatic heterocycles. The molecule has 3 aromatic rings. The van der Waals surface area contributed by atoms with Gasteiger partial charge in [-0.05, 0) is 55.0 Å². The van der Waals surface area contributed by atoms with E-state index in [9.17, 15) is 9.59 Å². The Kier molecular flexibility index (Phi) is 7.05. The van der Waals surface area contributed by atoms with Crippen LogP contribution in [-0.2, 0) is 11.4 Å². The van der Waals surface area contributed by atoms with Gasteiger partial charge in [0.25, 0.3) is 5.91 Å². The van der Waals surface area contributed by atoms with Crippen LogP contribution in [0.4, 0.5) is 5.69 Å². The average Bonchev–Trinajstić information content (AvgIpc) is 2.79. The van der Waals surface area contributed by atoms with E-state index >= 15 is 0 Å². The fraction of sp³-hybridized carbons (Fsp3) is 0.167. The van der Waals surface area contributed by atoms with Gasteiger partial charge in [-0.1, -0.05) is 30.3 Å². The molecule has 0 unspecified atom stereocenters. The molecule has 3 rings (SSSR count). The molecule has 6 nitrogen and oxygen atoms in total. The lowest BCUT2D eigenvalue weighted by molar-refractivity contribution is -0.122. The van der Waals surface area contributed by atoms with Crippen LogP contribution < -0.4 is 19.5 Å². The molecule has 0 aliphatic carbocycles. The lowest BCUT2D eigenvalue weighted by Crippen LogP contribution is -2.30. The molecule has 154 valence electrons. The third kappa shape index (κ3) is 5.61. The van der Waals surface area contributed by atoms with Crippen molar-refractivity contribution in [3.63, 3.8) is 0 Å². The third-order valence-corrected chi connectivity index (χ3v) is 4.37. The maximum absolute atomic E-state index is 12.5. The lowest BCUT2D eigenvalue weighted by atomic mass is 10.2. The quantitative estimate of drug-likeness (QED) is 0.531. The summed E-state index contributed by atoms with van der Waals surface area (Å²) in [4.78, 5) is 23.5. The van der Waals surface area contributed by atoms with Gasteiger partial charge in [0.1, 0.15) is 18.6 Å².